The molecule has 0 fully saturated rings. The van der Waals surface area contributed by atoms with Crippen molar-refractivity contribution in [3.8, 4) is 11.5 Å². The fourth-order valence-electron chi connectivity index (χ4n) is 4.02. The van der Waals surface area contributed by atoms with Gasteiger partial charge in [-0.25, -0.2) is 13.8 Å². The first-order valence-electron chi connectivity index (χ1n) is 13.3. The average Bonchev–Trinajstić information content (AvgIpc) is 3.01. The zero-order valence-electron chi connectivity index (χ0n) is 23.1. The van der Waals surface area contributed by atoms with Crippen molar-refractivity contribution in [3.63, 3.8) is 0 Å². The van der Waals surface area contributed by atoms with Crippen molar-refractivity contribution in [3.05, 3.63) is 120 Å². The van der Waals surface area contributed by atoms with Crippen LogP contribution in [0, 0.1) is 0 Å². The predicted octanol–water partition coefficient (Wildman–Crippen LogP) is 6.03. The Kier molecular flexibility index (Phi) is 10.1. The number of hydrogen-bond acceptors (Lipinski definition) is 6. The van der Waals surface area contributed by atoms with E-state index in [1.165, 1.54) is 29.8 Å². The lowest BCUT2D eigenvalue weighted by Gasteiger charge is -2.26. The van der Waals surface area contributed by atoms with E-state index in [1.807, 2.05) is 54.6 Å². The summed E-state index contributed by atoms with van der Waals surface area (Å²) < 4.78 is 40.0. The quantitative estimate of drug-likeness (QED) is 0.120. The van der Waals surface area contributed by atoms with Gasteiger partial charge in [-0.05, 0) is 78.2 Å². The number of hydrogen-bond donors (Lipinski definition) is 1. The molecule has 41 heavy (non-hydrogen) atoms. The molecule has 0 aliphatic heterocycles. The molecule has 9 heteroatoms. The van der Waals surface area contributed by atoms with Crippen LogP contribution in [0.4, 0.5) is 5.69 Å². The van der Waals surface area contributed by atoms with E-state index >= 15 is 0 Å². The molecule has 0 heterocycles. The minimum absolute atomic E-state index is 0.0233. The normalized spacial score (nSPS) is 11.3. The molecule has 0 bridgehead atoms. The molecule has 8 nitrogen and oxygen atoms in total. The van der Waals surface area contributed by atoms with Crippen LogP contribution in [-0.4, -0.2) is 34.3 Å². The van der Waals surface area contributed by atoms with E-state index in [9.17, 15) is 13.2 Å². The SMILES string of the molecule is CCCCOc1ccc(/C=N\NC(=O)c2ccccc2N(Cc2ccccc2)S(=O)(=O)c2ccc(OC)cc2)cc1. The molecular weight excluding hydrogens is 538 g/mol. The summed E-state index contributed by atoms with van der Waals surface area (Å²) in [6.45, 7) is 2.79. The highest BCUT2D eigenvalue weighted by atomic mass is 32.2. The number of anilines is 1. The smallest absolute Gasteiger partial charge is 0.273 e. The van der Waals surface area contributed by atoms with E-state index in [2.05, 4.69) is 17.5 Å². The third-order valence-electron chi connectivity index (χ3n) is 6.26. The molecule has 0 atom stereocenters. The Labute approximate surface area is 241 Å². The van der Waals surface area contributed by atoms with E-state index in [-0.39, 0.29) is 22.7 Å². The van der Waals surface area contributed by atoms with Crippen molar-refractivity contribution in [1.29, 1.82) is 0 Å². The van der Waals surface area contributed by atoms with E-state index in [1.54, 1.807) is 36.4 Å². The molecule has 212 valence electrons. The van der Waals surface area contributed by atoms with Crippen molar-refractivity contribution in [1.82, 2.24) is 5.43 Å². The lowest BCUT2D eigenvalue weighted by Crippen LogP contribution is -2.33. The number of para-hydroxylation sites is 1. The van der Waals surface area contributed by atoms with Crippen LogP contribution in [0.25, 0.3) is 0 Å². The van der Waals surface area contributed by atoms with Crippen LogP contribution in [0.1, 0.15) is 41.3 Å². The number of amides is 1. The number of hydrazone groups is 1. The number of sulfonamides is 1. The summed E-state index contributed by atoms with van der Waals surface area (Å²) in [7, 11) is -2.55. The van der Waals surface area contributed by atoms with Gasteiger partial charge in [-0.3, -0.25) is 9.10 Å². The van der Waals surface area contributed by atoms with Gasteiger partial charge >= 0.3 is 0 Å². The number of rotatable bonds is 13. The summed E-state index contributed by atoms with van der Waals surface area (Å²) in [5, 5.41) is 4.10. The Bertz CT molecular complexity index is 1560. The molecule has 1 N–H and O–H groups in total. The highest BCUT2D eigenvalue weighted by Gasteiger charge is 2.28. The molecule has 1 amide bonds. The Balaban J connectivity index is 1.59. The Morgan fingerprint density at radius 3 is 2.22 bits per heavy atom. The van der Waals surface area contributed by atoms with Crippen molar-refractivity contribution < 1.29 is 22.7 Å². The maximum absolute atomic E-state index is 13.9. The van der Waals surface area contributed by atoms with Gasteiger partial charge in [0.25, 0.3) is 15.9 Å². The van der Waals surface area contributed by atoms with Gasteiger partial charge < -0.3 is 9.47 Å². The van der Waals surface area contributed by atoms with Gasteiger partial charge in [0.15, 0.2) is 0 Å². The minimum atomic E-state index is -4.06. The Morgan fingerprint density at radius 2 is 1.54 bits per heavy atom. The van der Waals surface area contributed by atoms with Gasteiger partial charge in [-0.15, -0.1) is 0 Å². The first kappa shape index (κ1) is 29.4. The first-order valence-corrected chi connectivity index (χ1v) is 14.7. The summed E-state index contributed by atoms with van der Waals surface area (Å²) in [5.41, 5.74) is 4.46. The van der Waals surface area contributed by atoms with Crippen molar-refractivity contribution in [2.45, 2.75) is 31.2 Å². The lowest BCUT2D eigenvalue weighted by atomic mass is 10.1. The van der Waals surface area contributed by atoms with E-state index in [4.69, 9.17) is 9.47 Å². The van der Waals surface area contributed by atoms with Crippen molar-refractivity contribution in [2.24, 2.45) is 5.10 Å². The maximum Gasteiger partial charge on any atom is 0.273 e. The van der Waals surface area contributed by atoms with Crippen molar-refractivity contribution in [2.75, 3.05) is 18.0 Å². The zero-order valence-corrected chi connectivity index (χ0v) is 23.9. The summed E-state index contributed by atoms with van der Waals surface area (Å²) in [4.78, 5) is 13.4. The second-order valence-corrected chi connectivity index (χ2v) is 11.0. The third kappa shape index (κ3) is 7.73. The summed E-state index contributed by atoms with van der Waals surface area (Å²) >= 11 is 0. The Hall–Kier alpha value is -4.63. The van der Waals surface area contributed by atoms with Gasteiger partial charge in [-0.2, -0.15) is 5.10 Å². The number of methoxy groups -OCH3 is 1. The van der Waals surface area contributed by atoms with Crippen LogP contribution in [0.5, 0.6) is 11.5 Å². The number of nitrogens with zero attached hydrogens (tertiary/aromatic N) is 2. The van der Waals surface area contributed by atoms with Gasteiger partial charge in [0.1, 0.15) is 11.5 Å². The van der Waals surface area contributed by atoms with Crippen LogP contribution >= 0.6 is 0 Å². The number of benzene rings is 4. The van der Waals surface area contributed by atoms with Crippen LogP contribution in [0.3, 0.4) is 0 Å². The second-order valence-electron chi connectivity index (χ2n) is 9.16. The molecule has 0 radical (unpaired) electrons. The largest absolute Gasteiger partial charge is 0.497 e. The summed E-state index contributed by atoms with van der Waals surface area (Å²) in [5.74, 6) is 0.763. The monoisotopic (exact) mass is 571 g/mol. The molecule has 0 spiro atoms. The van der Waals surface area contributed by atoms with Gasteiger partial charge in [0.05, 0.1) is 42.6 Å². The Morgan fingerprint density at radius 1 is 0.878 bits per heavy atom. The molecular formula is C32H33N3O5S. The molecule has 0 saturated heterocycles. The van der Waals surface area contributed by atoms with Crippen LogP contribution in [-0.2, 0) is 16.6 Å². The number of ether oxygens (including phenoxy) is 2. The molecule has 0 aromatic heterocycles. The fourth-order valence-corrected chi connectivity index (χ4v) is 5.49. The maximum atomic E-state index is 13.9. The number of carbonyl (C=O) groups excluding carboxylic acids is 1. The van der Waals surface area contributed by atoms with Gasteiger partial charge in [0, 0.05) is 0 Å². The molecule has 4 aromatic rings. The van der Waals surface area contributed by atoms with Gasteiger partial charge in [0.2, 0.25) is 0 Å². The molecule has 0 aliphatic carbocycles. The molecule has 0 unspecified atom stereocenters. The number of nitrogens with one attached hydrogen (secondary N) is 1. The minimum Gasteiger partial charge on any atom is -0.497 e. The topological polar surface area (TPSA) is 97.3 Å². The van der Waals surface area contributed by atoms with Crippen LogP contribution < -0.4 is 19.2 Å². The van der Waals surface area contributed by atoms with E-state index in [0.29, 0.717) is 12.4 Å². The molecule has 4 rings (SSSR count). The molecule has 4 aromatic carbocycles. The third-order valence-corrected chi connectivity index (χ3v) is 8.03. The molecule has 0 saturated carbocycles. The van der Waals surface area contributed by atoms with E-state index < -0.39 is 15.9 Å². The average molecular weight is 572 g/mol. The van der Waals surface area contributed by atoms with E-state index in [0.717, 1.165) is 29.7 Å². The van der Waals surface area contributed by atoms with Crippen molar-refractivity contribution >= 4 is 27.8 Å². The lowest BCUT2D eigenvalue weighted by molar-refractivity contribution is 0.0955. The van der Waals surface area contributed by atoms with Gasteiger partial charge in [-0.1, -0.05) is 55.8 Å². The fraction of sp³-hybridized carbons (Fsp3) is 0.188. The standard InChI is InChI=1S/C32H33N3O5S/c1-3-4-22-40-28-16-14-25(15-17-28)23-33-34-32(36)30-12-8-9-13-31(30)35(24-26-10-6-5-7-11-26)41(37,38)29-20-18-27(39-2)19-21-29/h5-21,23H,3-4,22,24H2,1-2H3,(H,34,36)/b33-23-. The summed E-state index contributed by atoms with van der Waals surface area (Å²) in [6, 6.07) is 29.3. The number of unbranched alkanes of at least 4 members (excludes halogenated alkanes) is 1. The van der Waals surface area contributed by atoms with Crippen LogP contribution in [0.2, 0.25) is 0 Å². The zero-order chi connectivity index (χ0) is 29.1. The first-order chi connectivity index (χ1) is 19.9. The number of carbonyl (C=O) groups is 1. The molecule has 0 aliphatic rings. The van der Waals surface area contributed by atoms with Crippen LogP contribution in [0.15, 0.2) is 113 Å². The summed E-state index contributed by atoms with van der Waals surface area (Å²) in [6.07, 6.45) is 3.57. The predicted molar refractivity (Wildman–Crippen MR) is 161 cm³/mol. The highest BCUT2D eigenvalue weighted by Crippen LogP contribution is 2.30. The second kappa shape index (κ2) is 14.1. The highest BCUT2D eigenvalue weighted by molar-refractivity contribution is 7.92.